The van der Waals surface area contributed by atoms with Gasteiger partial charge in [-0.25, -0.2) is 5.43 Å². The Balaban J connectivity index is 1.34. The molecule has 5 aromatic rings. The molecule has 5 rings (SSSR count). The Morgan fingerprint density at radius 2 is 1.64 bits per heavy atom. The zero-order chi connectivity index (χ0) is 27.2. The molecule has 2 N–H and O–H groups in total. The number of hydrogen-bond acceptors (Lipinski definition) is 8. The van der Waals surface area contributed by atoms with E-state index >= 15 is 0 Å². The number of hydrogen-bond donors (Lipinski definition) is 2. The molecule has 10 heteroatoms. The van der Waals surface area contributed by atoms with E-state index in [0.29, 0.717) is 16.5 Å². The highest BCUT2D eigenvalue weighted by molar-refractivity contribution is 7.99. The lowest BCUT2D eigenvalue weighted by molar-refractivity contribution is -0.118. The van der Waals surface area contributed by atoms with Crippen molar-refractivity contribution in [2.45, 2.75) is 5.16 Å². The van der Waals surface area contributed by atoms with Crippen molar-refractivity contribution >= 4 is 34.7 Å². The smallest absolute Gasteiger partial charge is 0.250 e. The summed E-state index contributed by atoms with van der Waals surface area (Å²) in [6, 6.07) is 26.1. The number of rotatable bonds is 9. The Morgan fingerprint density at radius 1 is 0.949 bits per heavy atom. The highest BCUT2D eigenvalue weighted by Gasteiger charge is 2.18. The maximum Gasteiger partial charge on any atom is 0.250 e. The standard InChI is InChI=1S/C29H25N5O4S/c1-37-22-12-7-20(8-13-22)28-32-33-29(34(28)21-10-14-23(38-2)15-11-21)39-18-27(36)31-30-17-25-24-6-4-3-5-19(24)9-16-26(25)35/h3-17,35H,18H2,1-2H3,(H,31,36). The van der Waals surface area contributed by atoms with Crippen LogP contribution in [0.5, 0.6) is 17.2 Å². The lowest BCUT2D eigenvalue weighted by atomic mass is 10.0. The summed E-state index contributed by atoms with van der Waals surface area (Å²) in [7, 11) is 3.23. The predicted octanol–water partition coefficient (Wildman–Crippen LogP) is 5.05. The molecule has 39 heavy (non-hydrogen) atoms. The third-order valence-corrected chi connectivity index (χ3v) is 6.90. The molecular formula is C29H25N5O4S. The fourth-order valence-electron chi connectivity index (χ4n) is 4.01. The number of benzene rings is 4. The predicted molar refractivity (Wildman–Crippen MR) is 152 cm³/mol. The molecule has 0 aliphatic heterocycles. The van der Waals surface area contributed by atoms with Crippen LogP contribution in [0.15, 0.2) is 95.2 Å². The number of fused-ring (bicyclic) bond motifs is 1. The monoisotopic (exact) mass is 539 g/mol. The first-order chi connectivity index (χ1) is 19.1. The van der Waals surface area contributed by atoms with Crippen LogP contribution in [-0.4, -0.2) is 52.0 Å². The molecule has 0 radical (unpaired) electrons. The maximum absolute atomic E-state index is 12.6. The SMILES string of the molecule is COc1ccc(-c2nnc(SCC(=O)NN=Cc3c(O)ccc4ccccc34)n2-c2ccc(OC)cc2)cc1. The average Bonchev–Trinajstić information content (AvgIpc) is 3.41. The molecule has 1 heterocycles. The maximum atomic E-state index is 12.6. The van der Waals surface area contributed by atoms with E-state index in [9.17, 15) is 9.90 Å². The van der Waals surface area contributed by atoms with Gasteiger partial charge in [0.05, 0.1) is 26.2 Å². The molecule has 0 fully saturated rings. The van der Waals surface area contributed by atoms with Crippen molar-refractivity contribution in [2.75, 3.05) is 20.0 Å². The van der Waals surface area contributed by atoms with Gasteiger partial charge in [-0.1, -0.05) is 42.1 Å². The molecule has 9 nitrogen and oxygen atoms in total. The van der Waals surface area contributed by atoms with E-state index in [1.165, 1.54) is 18.0 Å². The van der Waals surface area contributed by atoms with Crippen molar-refractivity contribution in [1.82, 2.24) is 20.2 Å². The van der Waals surface area contributed by atoms with Gasteiger partial charge in [-0.05, 0) is 65.4 Å². The molecule has 0 aliphatic rings. The number of hydrazone groups is 1. The van der Waals surface area contributed by atoms with Gasteiger partial charge in [0.15, 0.2) is 11.0 Å². The molecule has 0 spiro atoms. The van der Waals surface area contributed by atoms with Crippen molar-refractivity contribution in [3.63, 3.8) is 0 Å². The second-order valence-electron chi connectivity index (χ2n) is 8.37. The first-order valence-corrected chi connectivity index (χ1v) is 13.0. The summed E-state index contributed by atoms with van der Waals surface area (Å²) in [4.78, 5) is 12.6. The number of methoxy groups -OCH3 is 2. The van der Waals surface area contributed by atoms with Gasteiger partial charge in [0.2, 0.25) is 0 Å². The molecule has 0 aliphatic carbocycles. The van der Waals surface area contributed by atoms with Gasteiger partial charge in [0.1, 0.15) is 17.2 Å². The van der Waals surface area contributed by atoms with Gasteiger partial charge in [0.25, 0.3) is 5.91 Å². The summed E-state index contributed by atoms with van der Waals surface area (Å²) in [6.45, 7) is 0. The molecule has 0 saturated heterocycles. The van der Waals surface area contributed by atoms with Crippen molar-refractivity contribution in [3.8, 4) is 34.3 Å². The van der Waals surface area contributed by atoms with Crippen LogP contribution in [0.3, 0.4) is 0 Å². The minimum atomic E-state index is -0.328. The zero-order valence-electron chi connectivity index (χ0n) is 21.2. The molecule has 1 amide bonds. The van der Waals surface area contributed by atoms with Crippen molar-refractivity contribution in [1.29, 1.82) is 0 Å². The number of aromatic nitrogens is 3. The third-order valence-electron chi connectivity index (χ3n) is 5.98. The van der Waals surface area contributed by atoms with Gasteiger partial charge >= 0.3 is 0 Å². The first-order valence-electron chi connectivity index (χ1n) is 12.0. The normalized spacial score (nSPS) is 11.1. The van der Waals surface area contributed by atoms with E-state index in [-0.39, 0.29) is 17.4 Å². The summed E-state index contributed by atoms with van der Waals surface area (Å²) in [5.41, 5.74) is 4.72. The molecule has 196 valence electrons. The number of aromatic hydroxyl groups is 1. The molecular weight excluding hydrogens is 514 g/mol. The molecule has 1 aromatic heterocycles. The van der Waals surface area contributed by atoms with Crippen LogP contribution in [-0.2, 0) is 4.79 Å². The minimum Gasteiger partial charge on any atom is -0.507 e. The number of carbonyl (C=O) groups is 1. The van der Waals surface area contributed by atoms with Gasteiger partial charge in [-0.2, -0.15) is 5.10 Å². The van der Waals surface area contributed by atoms with Gasteiger partial charge in [0, 0.05) is 16.8 Å². The number of phenolic OH excluding ortho intramolecular Hbond substituents is 1. The van der Waals surface area contributed by atoms with Crippen molar-refractivity contribution in [2.24, 2.45) is 5.10 Å². The Hall–Kier alpha value is -4.83. The van der Waals surface area contributed by atoms with E-state index in [1.54, 1.807) is 20.3 Å². The topological polar surface area (TPSA) is 111 Å². The zero-order valence-corrected chi connectivity index (χ0v) is 22.1. The Morgan fingerprint density at radius 3 is 2.36 bits per heavy atom. The second kappa shape index (κ2) is 11.7. The number of amides is 1. The molecule has 0 unspecified atom stereocenters. The lowest BCUT2D eigenvalue weighted by Crippen LogP contribution is -2.20. The summed E-state index contributed by atoms with van der Waals surface area (Å²) < 4.78 is 12.5. The van der Waals surface area contributed by atoms with Gasteiger partial charge < -0.3 is 14.6 Å². The lowest BCUT2D eigenvalue weighted by Gasteiger charge is -2.11. The Kier molecular flexibility index (Phi) is 7.74. The van der Waals surface area contributed by atoms with Crippen LogP contribution in [0.2, 0.25) is 0 Å². The average molecular weight is 540 g/mol. The highest BCUT2D eigenvalue weighted by Crippen LogP contribution is 2.30. The number of ether oxygens (including phenoxy) is 2. The van der Waals surface area contributed by atoms with Gasteiger partial charge in [-0.15, -0.1) is 10.2 Å². The number of thioether (sulfide) groups is 1. The number of nitrogens with one attached hydrogen (secondary N) is 1. The Bertz CT molecular complexity index is 1630. The molecule has 4 aromatic carbocycles. The van der Waals surface area contributed by atoms with Crippen LogP contribution in [0.1, 0.15) is 5.56 Å². The number of nitrogens with zero attached hydrogens (tertiary/aromatic N) is 4. The van der Waals surface area contributed by atoms with Crippen LogP contribution in [0, 0.1) is 0 Å². The molecule has 0 atom stereocenters. The second-order valence-corrected chi connectivity index (χ2v) is 9.31. The van der Waals surface area contributed by atoms with E-state index in [4.69, 9.17) is 9.47 Å². The van der Waals surface area contributed by atoms with Crippen molar-refractivity contribution < 1.29 is 19.4 Å². The Labute approximate surface area is 229 Å². The fourth-order valence-corrected chi connectivity index (χ4v) is 4.75. The largest absolute Gasteiger partial charge is 0.507 e. The highest BCUT2D eigenvalue weighted by atomic mass is 32.2. The number of carbonyl (C=O) groups excluding carboxylic acids is 1. The van der Waals surface area contributed by atoms with Crippen LogP contribution >= 0.6 is 11.8 Å². The minimum absolute atomic E-state index is 0.0513. The van der Waals surface area contributed by atoms with Crippen LogP contribution in [0.4, 0.5) is 0 Å². The van der Waals surface area contributed by atoms with E-state index < -0.39 is 0 Å². The number of phenols is 1. The summed E-state index contributed by atoms with van der Waals surface area (Å²) >= 11 is 1.23. The van der Waals surface area contributed by atoms with Gasteiger partial charge in [-0.3, -0.25) is 9.36 Å². The summed E-state index contributed by atoms with van der Waals surface area (Å²) in [5, 5.41) is 25.5. The molecule has 0 saturated carbocycles. The van der Waals surface area contributed by atoms with E-state index in [0.717, 1.165) is 33.5 Å². The van der Waals surface area contributed by atoms with Crippen LogP contribution in [0.25, 0.3) is 27.8 Å². The van der Waals surface area contributed by atoms with Crippen molar-refractivity contribution in [3.05, 3.63) is 90.5 Å². The summed E-state index contributed by atoms with van der Waals surface area (Å²) in [5.74, 6) is 1.89. The quantitative estimate of drug-likeness (QED) is 0.153. The van der Waals surface area contributed by atoms with Crippen LogP contribution < -0.4 is 14.9 Å². The molecule has 0 bridgehead atoms. The summed E-state index contributed by atoms with van der Waals surface area (Å²) in [6.07, 6.45) is 1.45. The van der Waals surface area contributed by atoms with E-state index in [1.807, 2.05) is 83.4 Å². The first kappa shape index (κ1) is 25.8. The fraction of sp³-hybridized carbons (Fsp3) is 0.103. The van der Waals surface area contributed by atoms with E-state index in [2.05, 4.69) is 20.7 Å². The third kappa shape index (κ3) is 5.70.